The van der Waals surface area contributed by atoms with Gasteiger partial charge in [-0.2, -0.15) is 0 Å². The van der Waals surface area contributed by atoms with E-state index in [9.17, 15) is 18.0 Å². The molecule has 2 amide bonds. The van der Waals surface area contributed by atoms with Crippen molar-refractivity contribution in [3.8, 4) is 0 Å². The van der Waals surface area contributed by atoms with Crippen LogP contribution in [0.3, 0.4) is 0 Å². The van der Waals surface area contributed by atoms with Crippen molar-refractivity contribution in [3.05, 3.63) is 65.7 Å². The van der Waals surface area contributed by atoms with E-state index in [0.29, 0.717) is 13.1 Å². The Bertz CT molecular complexity index is 1020. The average molecular weight is 445 g/mol. The lowest BCUT2D eigenvalue weighted by molar-refractivity contribution is -0.134. The van der Waals surface area contributed by atoms with Gasteiger partial charge in [0, 0.05) is 32.7 Å². The Labute approximate surface area is 183 Å². The van der Waals surface area contributed by atoms with E-state index in [4.69, 9.17) is 0 Å². The maximum atomic E-state index is 13.1. The van der Waals surface area contributed by atoms with Crippen molar-refractivity contribution in [2.24, 2.45) is 0 Å². The first-order valence-corrected chi connectivity index (χ1v) is 11.7. The Hall–Kier alpha value is -2.75. The van der Waals surface area contributed by atoms with Gasteiger partial charge in [-0.3, -0.25) is 15.0 Å². The zero-order valence-corrected chi connectivity index (χ0v) is 18.6. The molecule has 1 aliphatic rings. The molecular formula is C22H28N4O4S. The molecule has 2 aromatic rings. The molecule has 8 nitrogen and oxygen atoms in total. The highest BCUT2D eigenvalue weighted by Crippen LogP contribution is 2.19. The number of carbonyl (C=O) groups excluding carboxylic acids is 2. The minimum atomic E-state index is -3.66. The second kappa shape index (κ2) is 10.0. The minimum Gasteiger partial charge on any atom is -0.341 e. The van der Waals surface area contributed by atoms with Crippen LogP contribution in [0.1, 0.15) is 41.2 Å². The Morgan fingerprint density at radius 1 is 0.968 bits per heavy atom. The molecule has 2 N–H and O–H groups in total. The highest BCUT2D eigenvalue weighted by molar-refractivity contribution is 7.89. The van der Waals surface area contributed by atoms with E-state index in [1.165, 1.54) is 38.4 Å². The fourth-order valence-corrected chi connectivity index (χ4v) is 4.40. The maximum Gasteiger partial charge on any atom is 0.265 e. The number of carbonyl (C=O) groups is 2. The molecule has 0 unspecified atom stereocenters. The van der Waals surface area contributed by atoms with Gasteiger partial charge >= 0.3 is 0 Å². The zero-order chi connectivity index (χ0) is 22.4. The van der Waals surface area contributed by atoms with Crippen molar-refractivity contribution in [1.29, 1.82) is 0 Å². The molecule has 0 radical (unpaired) electrons. The number of amides is 2. The van der Waals surface area contributed by atoms with E-state index in [1.54, 1.807) is 0 Å². The molecule has 3 rings (SSSR count). The molecule has 1 saturated heterocycles. The molecule has 0 aromatic heterocycles. The Morgan fingerprint density at radius 2 is 1.65 bits per heavy atom. The monoisotopic (exact) mass is 444 g/mol. The van der Waals surface area contributed by atoms with Gasteiger partial charge in [0.1, 0.15) is 6.04 Å². The fourth-order valence-electron chi connectivity index (χ4n) is 3.45. The Morgan fingerprint density at radius 3 is 2.29 bits per heavy atom. The molecule has 0 spiro atoms. The summed E-state index contributed by atoms with van der Waals surface area (Å²) in [5.74, 6) is -0.627. The topological polar surface area (TPSA) is 98.8 Å². The summed E-state index contributed by atoms with van der Waals surface area (Å²) < 4.78 is 25.8. The molecule has 0 aliphatic carbocycles. The van der Waals surface area contributed by atoms with Crippen LogP contribution < -0.4 is 10.9 Å². The quantitative estimate of drug-likeness (QED) is 0.636. The maximum absolute atomic E-state index is 13.1. The van der Waals surface area contributed by atoms with Crippen LogP contribution in [0.4, 0.5) is 0 Å². The van der Waals surface area contributed by atoms with Gasteiger partial charge in [0.2, 0.25) is 15.9 Å². The summed E-state index contributed by atoms with van der Waals surface area (Å²) in [6, 6.07) is 14.2. The zero-order valence-electron chi connectivity index (χ0n) is 17.7. The first-order chi connectivity index (χ1) is 14.8. The largest absolute Gasteiger partial charge is 0.341 e. The van der Waals surface area contributed by atoms with Crippen molar-refractivity contribution in [1.82, 2.24) is 20.1 Å². The summed E-state index contributed by atoms with van der Waals surface area (Å²) in [7, 11) is -0.801. The molecule has 166 valence electrons. The van der Waals surface area contributed by atoms with Gasteiger partial charge in [-0.05, 0) is 43.0 Å². The number of nitrogens with one attached hydrogen (secondary N) is 2. The van der Waals surface area contributed by atoms with Gasteiger partial charge in [-0.1, -0.05) is 36.4 Å². The van der Waals surface area contributed by atoms with E-state index >= 15 is 0 Å². The van der Waals surface area contributed by atoms with Crippen LogP contribution in [-0.2, 0) is 14.8 Å². The van der Waals surface area contributed by atoms with Crippen molar-refractivity contribution in [3.63, 3.8) is 0 Å². The van der Waals surface area contributed by atoms with E-state index in [1.807, 2.05) is 35.2 Å². The number of likely N-dealkylation sites (tertiary alicyclic amines) is 1. The van der Waals surface area contributed by atoms with Crippen LogP contribution in [0.2, 0.25) is 0 Å². The third kappa shape index (κ3) is 5.49. The van der Waals surface area contributed by atoms with Gasteiger partial charge in [0.05, 0.1) is 4.90 Å². The van der Waals surface area contributed by atoms with Crippen LogP contribution in [0.15, 0.2) is 59.5 Å². The molecule has 1 heterocycles. The van der Waals surface area contributed by atoms with Gasteiger partial charge in [0.15, 0.2) is 0 Å². The molecule has 9 heteroatoms. The molecule has 0 bridgehead atoms. The third-order valence-corrected chi connectivity index (χ3v) is 7.06. The second-order valence-electron chi connectivity index (χ2n) is 7.64. The van der Waals surface area contributed by atoms with Crippen LogP contribution >= 0.6 is 0 Å². The Balaban J connectivity index is 1.77. The smallest absolute Gasteiger partial charge is 0.265 e. The number of piperidine rings is 1. The lowest BCUT2D eigenvalue weighted by Crippen LogP contribution is -2.48. The van der Waals surface area contributed by atoms with E-state index in [-0.39, 0.29) is 16.4 Å². The van der Waals surface area contributed by atoms with Gasteiger partial charge in [-0.15, -0.1) is 0 Å². The molecule has 1 aliphatic heterocycles. The highest BCUT2D eigenvalue weighted by atomic mass is 32.2. The second-order valence-corrected chi connectivity index (χ2v) is 9.80. The predicted octanol–water partition coefficient (Wildman–Crippen LogP) is 1.93. The first kappa shape index (κ1) is 22.9. The fraction of sp³-hybridized carbons (Fsp3) is 0.364. The first-order valence-electron chi connectivity index (χ1n) is 10.2. The number of hydrogen-bond acceptors (Lipinski definition) is 5. The third-order valence-electron chi connectivity index (χ3n) is 5.25. The van der Waals surface area contributed by atoms with Crippen molar-refractivity contribution in [2.45, 2.75) is 30.2 Å². The van der Waals surface area contributed by atoms with Crippen molar-refractivity contribution in [2.75, 3.05) is 27.2 Å². The summed E-state index contributed by atoms with van der Waals surface area (Å²) >= 11 is 0. The molecule has 2 aromatic carbocycles. The molecular weight excluding hydrogens is 416 g/mol. The van der Waals surface area contributed by atoms with Crippen LogP contribution in [0.5, 0.6) is 0 Å². The van der Waals surface area contributed by atoms with Crippen molar-refractivity contribution < 1.29 is 18.0 Å². The lowest BCUT2D eigenvalue weighted by Gasteiger charge is -2.31. The van der Waals surface area contributed by atoms with E-state index < -0.39 is 22.0 Å². The average Bonchev–Trinajstić information content (AvgIpc) is 2.80. The molecule has 1 atom stereocenters. The Kier molecular flexibility index (Phi) is 7.42. The lowest BCUT2D eigenvalue weighted by atomic mass is 10.0. The SMILES string of the molecule is CN(C)S(=O)(=O)c1cccc(C(=O)NN[C@@H](C(=O)N2CCCCC2)c2ccccc2)c1. The number of benzene rings is 2. The highest BCUT2D eigenvalue weighted by Gasteiger charge is 2.27. The summed E-state index contributed by atoms with van der Waals surface area (Å²) in [4.78, 5) is 27.7. The van der Waals surface area contributed by atoms with E-state index in [0.717, 1.165) is 29.1 Å². The minimum absolute atomic E-state index is 0.0224. The number of hydrazine groups is 1. The molecule has 0 saturated carbocycles. The number of rotatable bonds is 7. The molecule has 1 fully saturated rings. The van der Waals surface area contributed by atoms with Crippen LogP contribution in [0, 0.1) is 0 Å². The van der Waals surface area contributed by atoms with Crippen LogP contribution in [-0.4, -0.2) is 56.6 Å². The standard InChI is InChI=1S/C22H28N4O4S/c1-25(2)31(29,30)19-13-9-12-18(16-19)21(27)24-23-20(17-10-5-3-6-11-17)22(28)26-14-7-4-8-15-26/h3,5-6,9-13,16,20,23H,4,7-8,14-15H2,1-2H3,(H,24,27)/t20-/m1/s1. The van der Waals surface area contributed by atoms with E-state index in [2.05, 4.69) is 10.9 Å². The normalized spacial score (nSPS) is 15.5. The summed E-state index contributed by atoms with van der Waals surface area (Å²) in [6.07, 6.45) is 3.04. The van der Waals surface area contributed by atoms with Crippen molar-refractivity contribution >= 4 is 21.8 Å². The predicted molar refractivity (Wildman–Crippen MR) is 118 cm³/mol. The van der Waals surface area contributed by atoms with Gasteiger partial charge in [-0.25, -0.2) is 18.1 Å². The summed E-state index contributed by atoms with van der Waals surface area (Å²) in [5, 5.41) is 0. The summed E-state index contributed by atoms with van der Waals surface area (Å²) in [6.45, 7) is 1.39. The van der Waals surface area contributed by atoms with Gasteiger partial charge in [0.25, 0.3) is 5.91 Å². The summed E-state index contributed by atoms with van der Waals surface area (Å²) in [5.41, 5.74) is 6.35. The number of hydrogen-bond donors (Lipinski definition) is 2. The molecule has 31 heavy (non-hydrogen) atoms. The number of nitrogens with zero attached hydrogens (tertiary/aromatic N) is 2. The van der Waals surface area contributed by atoms with Crippen LogP contribution in [0.25, 0.3) is 0 Å². The van der Waals surface area contributed by atoms with Gasteiger partial charge < -0.3 is 4.90 Å². The number of sulfonamides is 1.